The number of ether oxygens (including phenoxy) is 1. The Morgan fingerprint density at radius 1 is 1.12 bits per heavy atom. The summed E-state index contributed by atoms with van der Waals surface area (Å²) in [6.07, 6.45) is -6.01. The van der Waals surface area contributed by atoms with Crippen molar-refractivity contribution in [1.82, 2.24) is 0 Å². The highest BCUT2D eigenvalue weighted by Crippen LogP contribution is 2.30. The molecule has 0 amide bonds. The van der Waals surface area contributed by atoms with Crippen LogP contribution in [0.3, 0.4) is 0 Å². The summed E-state index contributed by atoms with van der Waals surface area (Å²) in [4.78, 5) is 0. The number of benzene rings is 1. The molecule has 1 fully saturated rings. The third kappa shape index (κ3) is 10.9. The molecule has 14 heteroatoms. The molecule has 1 heterocycles. The third-order valence-corrected chi connectivity index (χ3v) is 4.99. The van der Waals surface area contributed by atoms with Gasteiger partial charge < -0.3 is 39.3 Å². The van der Waals surface area contributed by atoms with Crippen LogP contribution in [0.15, 0.2) is 29.4 Å². The molecule has 1 aromatic carbocycles. The zero-order chi connectivity index (χ0) is 24.7. The van der Waals surface area contributed by atoms with Gasteiger partial charge in [0.1, 0.15) is 40.6 Å². The van der Waals surface area contributed by atoms with Gasteiger partial charge >= 0.3 is 0 Å². The predicted octanol–water partition coefficient (Wildman–Crippen LogP) is -1.42. The topological polar surface area (TPSA) is 189 Å². The minimum Gasteiger partial charge on any atom is -0.714 e. The number of aliphatic hydroxyl groups is 4. The average molecular weight is 499 g/mol. The number of rotatable bonds is 6. The van der Waals surface area contributed by atoms with Crippen molar-refractivity contribution in [3.63, 3.8) is 0 Å². The number of thioether (sulfide) groups is 1. The molecule has 0 aromatic heterocycles. The largest absolute Gasteiger partial charge is 0.714 e. The molecular formula is C18H30N2O10S2. The maximum absolute atomic E-state index is 10.7. The molecular weight excluding hydrogens is 468 g/mol. The van der Waals surface area contributed by atoms with Crippen molar-refractivity contribution in [2.24, 2.45) is 5.16 Å². The van der Waals surface area contributed by atoms with E-state index in [0.29, 0.717) is 17.3 Å². The Labute approximate surface area is 191 Å². The molecule has 1 aromatic rings. The second-order valence-electron chi connectivity index (χ2n) is 8.31. The SMILES string of the molecule is C[N+](C)(C)C.O=S(=O)([O-])O/N=C(\Cc1ccc(O)cc1)S[C@@H]1O[C@H](CO)[C@@H](O)[C@H](O)[C@H]1O. The fourth-order valence-corrected chi connectivity index (χ4v) is 3.60. The summed E-state index contributed by atoms with van der Waals surface area (Å²) in [5.74, 6) is -0.00258. The van der Waals surface area contributed by atoms with Gasteiger partial charge in [-0.05, 0) is 17.7 Å². The minimum atomic E-state index is -5.13. The van der Waals surface area contributed by atoms with Gasteiger partial charge in [-0.1, -0.05) is 29.1 Å². The van der Waals surface area contributed by atoms with Crippen molar-refractivity contribution >= 4 is 27.2 Å². The summed E-state index contributed by atoms with van der Waals surface area (Å²) in [6.45, 7) is -0.641. The lowest BCUT2D eigenvalue weighted by Gasteiger charge is -2.39. The van der Waals surface area contributed by atoms with Crippen molar-refractivity contribution in [1.29, 1.82) is 0 Å². The first-order valence-corrected chi connectivity index (χ1v) is 11.6. The molecule has 0 bridgehead atoms. The molecule has 2 rings (SSSR count). The lowest BCUT2D eigenvalue weighted by atomic mass is 10.0. The van der Waals surface area contributed by atoms with E-state index in [9.17, 15) is 38.5 Å². The van der Waals surface area contributed by atoms with E-state index >= 15 is 0 Å². The number of phenolic OH excluding ortho intramolecular Hbond substituents is 1. The van der Waals surface area contributed by atoms with Crippen LogP contribution in [0.2, 0.25) is 0 Å². The summed E-state index contributed by atoms with van der Waals surface area (Å²) < 4.78 is 42.2. The maximum atomic E-state index is 10.7. The van der Waals surface area contributed by atoms with Crippen LogP contribution < -0.4 is 0 Å². The number of quaternary nitrogens is 1. The van der Waals surface area contributed by atoms with Crippen LogP contribution in [-0.4, -0.2) is 113 Å². The molecule has 1 saturated heterocycles. The normalized spacial score (nSPS) is 26.8. The molecule has 184 valence electrons. The van der Waals surface area contributed by atoms with E-state index in [-0.39, 0.29) is 17.2 Å². The third-order valence-electron chi connectivity index (χ3n) is 3.62. The molecule has 12 nitrogen and oxygen atoms in total. The van der Waals surface area contributed by atoms with E-state index in [1.54, 1.807) is 0 Å². The molecule has 0 unspecified atom stereocenters. The monoisotopic (exact) mass is 498 g/mol. The Hall–Kier alpha value is -1.49. The summed E-state index contributed by atoms with van der Waals surface area (Å²) in [7, 11) is 3.37. The second-order valence-corrected chi connectivity index (χ2v) is 10.4. The van der Waals surface area contributed by atoms with Crippen LogP contribution >= 0.6 is 11.8 Å². The van der Waals surface area contributed by atoms with E-state index in [1.807, 2.05) is 0 Å². The van der Waals surface area contributed by atoms with Gasteiger partial charge in [0.05, 0.1) is 34.8 Å². The number of oxime groups is 1. The van der Waals surface area contributed by atoms with Crippen LogP contribution in [0.5, 0.6) is 5.75 Å². The van der Waals surface area contributed by atoms with E-state index in [2.05, 4.69) is 37.6 Å². The minimum absolute atomic E-state index is 0.00258. The standard InChI is InChI=1S/C14H19NO10S2.C4H12N/c16-6-9-11(18)12(19)13(20)14(24-9)26-10(15-25-27(21,22)23)5-7-1-3-8(17)4-2-7;1-5(2,3)4/h1-4,9,11-14,16-20H,5-6H2,(H,21,22,23);1-4H3/q;+1/p-1/b15-10+;/t9-,11-,12+,13-,14+;/m1./s1. The van der Waals surface area contributed by atoms with E-state index in [4.69, 9.17) is 4.74 Å². The number of phenols is 1. The fraction of sp³-hybridized carbons (Fsp3) is 0.611. The van der Waals surface area contributed by atoms with Crippen molar-refractivity contribution in [3.8, 4) is 5.75 Å². The van der Waals surface area contributed by atoms with E-state index in [0.717, 1.165) is 4.48 Å². The number of aromatic hydroxyl groups is 1. The summed E-state index contributed by atoms with van der Waals surface area (Å²) >= 11 is 0.643. The Morgan fingerprint density at radius 3 is 2.12 bits per heavy atom. The Kier molecular flexibility index (Phi) is 10.8. The van der Waals surface area contributed by atoms with Gasteiger partial charge in [-0.15, -0.1) is 0 Å². The van der Waals surface area contributed by atoms with Gasteiger partial charge in [-0.3, -0.25) is 4.28 Å². The zero-order valence-corrected chi connectivity index (χ0v) is 19.7. The van der Waals surface area contributed by atoms with Gasteiger partial charge in [0.15, 0.2) is 0 Å². The predicted molar refractivity (Wildman–Crippen MR) is 115 cm³/mol. The molecule has 5 N–H and O–H groups in total. The smallest absolute Gasteiger partial charge is 0.284 e. The number of hydrogen-bond donors (Lipinski definition) is 5. The lowest BCUT2D eigenvalue weighted by Crippen LogP contribution is -2.57. The Bertz CT molecular complexity index is 834. The highest BCUT2D eigenvalue weighted by molar-refractivity contribution is 8.14. The molecule has 0 aliphatic carbocycles. The van der Waals surface area contributed by atoms with Crippen molar-refractivity contribution in [3.05, 3.63) is 29.8 Å². The van der Waals surface area contributed by atoms with Crippen LogP contribution in [0, 0.1) is 0 Å². The summed E-state index contributed by atoms with van der Waals surface area (Å²) in [6, 6.07) is 5.75. The highest BCUT2D eigenvalue weighted by Gasteiger charge is 2.44. The second kappa shape index (κ2) is 12.1. The van der Waals surface area contributed by atoms with Crippen LogP contribution in [0.25, 0.3) is 0 Å². The number of nitrogens with zero attached hydrogens (tertiary/aromatic N) is 2. The molecule has 1 aliphatic rings. The van der Waals surface area contributed by atoms with E-state index < -0.39 is 46.9 Å². The first-order valence-electron chi connectivity index (χ1n) is 9.36. The van der Waals surface area contributed by atoms with Crippen molar-refractivity contribution in [2.75, 3.05) is 34.8 Å². The van der Waals surface area contributed by atoms with Crippen LogP contribution in [0.1, 0.15) is 5.56 Å². The zero-order valence-electron chi connectivity index (χ0n) is 18.1. The van der Waals surface area contributed by atoms with Crippen LogP contribution in [-0.2, 0) is 25.8 Å². The van der Waals surface area contributed by atoms with Crippen molar-refractivity contribution < 1.29 is 52.0 Å². The summed E-state index contributed by atoms with van der Waals surface area (Å²) in [5, 5.41) is 51.3. The Balaban J connectivity index is 0.000000920. The first-order chi connectivity index (χ1) is 14.6. The van der Waals surface area contributed by atoms with Gasteiger partial charge in [-0.2, -0.15) is 8.42 Å². The van der Waals surface area contributed by atoms with Gasteiger partial charge in [-0.25, -0.2) is 0 Å². The number of aliphatic hydroxyl groups excluding tert-OH is 4. The lowest BCUT2D eigenvalue weighted by molar-refractivity contribution is -0.849. The molecule has 0 spiro atoms. The fourth-order valence-electron chi connectivity index (χ4n) is 2.27. The molecule has 0 saturated carbocycles. The van der Waals surface area contributed by atoms with Gasteiger partial charge in [0.25, 0.3) is 10.4 Å². The highest BCUT2D eigenvalue weighted by atomic mass is 32.3. The maximum Gasteiger partial charge on any atom is 0.284 e. The summed E-state index contributed by atoms with van der Waals surface area (Å²) in [5.41, 5.74) is -0.690. The molecule has 32 heavy (non-hydrogen) atoms. The van der Waals surface area contributed by atoms with Gasteiger partial charge in [0.2, 0.25) is 0 Å². The van der Waals surface area contributed by atoms with Crippen molar-refractivity contribution in [2.45, 2.75) is 36.3 Å². The van der Waals surface area contributed by atoms with E-state index in [1.165, 1.54) is 24.3 Å². The van der Waals surface area contributed by atoms with Crippen LogP contribution in [0.4, 0.5) is 0 Å². The Morgan fingerprint density at radius 2 is 1.66 bits per heavy atom. The molecule has 5 atom stereocenters. The number of hydrogen-bond acceptors (Lipinski definition) is 12. The molecule has 1 aliphatic heterocycles. The average Bonchev–Trinajstić information content (AvgIpc) is 2.66. The van der Waals surface area contributed by atoms with Gasteiger partial charge in [0, 0.05) is 6.42 Å². The quantitative estimate of drug-likeness (QED) is 0.0773. The molecule has 0 radical (unpaired) electrons. The first kappa shape index (κ1) is 28.5.